The molecule has 22 heavy (non-hydrogen) atoms. The van der Waals surface area contributed by atoms with Gasteiger partial charge < -0.3 is 4.74 Å². The molecule has 0 aliphatic carbocycles. The number of rotatable bonds is 7. The SMILES string of the molecule is CC(C)COC(=O)CCC(F)(F)C(F)(F)C(F)(F)C(F)(F)F. The number of hydrogen-bond donors (Lipinski definition) is 0. The third-order valence-corrected chi connectivity index (χ3v) is 2.43. The van der Waals surface area contributed by atoms with Crippen LogP contribution in [0.4, 0.5) is 39.5 Å². The minimum Gasteiger partial charge on any atom is -0.465 e. The summed E-state index contributed by atoms with van der Waals surface area (Å²) in [6.07, 6.45) is -10.5. The molecule has 0 N–H and O–H groups in total. The lowest BCUT2D eigenvalue weighted by Gasteiger charge is -2.33. The van der Waals surface area contributed by atoms with Crippen LogP contribution in [0.2, 0.25) is 0 Å². The van der Waals surface area contributed by atoms with Crippen molar-refractivity contribution in [3.63, 3.8) is 0 Å². The van der Waals surface area contributed by atoms with Gasteiger partial charge in [0.25, 0.3) is 0 Å². The molecule has 0 heterocycles. The van der Waals surface area contributed by atoms with Crippen LogP contribution in [-0.2, 0) is 9.53 Å². The Morgan fingerprint density at radius 3 is 1.73 bits per heavy atom. The molecule has 0 radical (unpaired) electrons. The molecule has 0 aromatic rings. The fraction of sp³-hybridized carbons (Fsp3) is 0.909. The van der Waals surface area contributed by atoms with Gasteiger partial charge in [-0.05, 0) is 5.92 Å². The van der Waals surface area contributed by atoms with Gasteiger partial charge in [-0.25, -0.2) is 0 Å². The maximum Gasteiger partial charge on any atom is 0.460 e. The monoisotopic (exact) mass is 348 g/mol. The van der Waals surface area contributed by atoms with E-state index in [1.165, 1.54) is 0 Å². The molecule has 0 aromatic heterocycles. The molecule has 0 aliphatic heterocycles. The van der Waals surface area contributed by atoms with Gasteiger partial charge in [-0.3, -0.25) is 4.79 Å². The lowest BCUT2D eigenvalue weighted by molar-refractivity contribution is -0.396. The first-order chi connectivity index (χ1) is 9.56. The number of alkyl halides is 9. The molecule has 0 atom stereocenters. The highest BCUT2D eigenvalue weighted by Gasteiger charge is 2.81. The first kappa shape index (κ1) is 20.8. The summed E-state index contributed by atoms with van der Waals surface area (Å²) >= 11 is 0. The molecule has 0 unspecified atom stereocenters. The Kier molecular flexibility index (Phi) is 6.19. The van der Waals surface area contributed by atoms with E-state index >= 15 is 0 Å². The third-order valence-electron chi connectivity index (χ3n) is 2.43. The van der Waals surface area contributed by atoms with E-state index in [1.54, 1.807) is 13.8 Å². The van der Waals surface area contributed by atoms with Crippen molar-refractivity contribution in [3.8, 4) is 0 Å². The second kappa shape index (κ2) is 6.53. The van der Waals surface area contributed by atoms with Crippen molar-refractivity contribution in [3.05, 3.63) is 0 Å². The molecule has 0 saturated carbocycles. The van der Waals surface area contributed by atoms with Gasteiger partial charge in [0.2, 0.25) is 0 Å². The Labute approximate surface area is 119 Å². The summed E-state index contributed by atoms with van der Waals surface area (Å²) in [5.74, 6) is -21.0. The highest BCUT2D eigenvalue weighted by atomic mass is 19.4. The van der Waals surface area contributed by atoms with Gasteiger partial charge in [0, 0.05) is 6.42 Å². The molecule has 0 aromatic carbocycles. The third kappa shape index (κ3) is 4.42. The average Bonchev–Trinajstić information content (AvgIpc) is 2.32. The Morgan fingerprint density at radius 1 is 0.909 bits per heavy atom. The van der Waals surface area contributed by atoms with E-state index in [1.807, 2.05) is 0 Å². The van der Waals surface area contributed by atoms with Crippen LogP contribution in [-0.4, -0.2) is 36.5 Å². The normalized spacial score (nSPS) is 14.4. The fourth-order valence-corrected chi connectivity index (χ4v) is 1.16. The number of esters is 1. The highest BCUT2D eigenvalue weighted by molar-refractivity contribution is 5.69. The molecular formula is C11H13F9O2. The molecule has 0 amide bonds. The summed E-state index contributed by atoms with van der Waals surface area (Å²) in [5.41, 5.74) is 0. The van der Waals surface area contributed by atoms with Gasteiger partial charge >= 0.3 is 29.9 Å². The minimum absolute atomic E-state index is 0.208. The van der Waals surface area contributed by atoms with Crippen LogP contribution in [0.3, 0.4) is 0 Å². The molecule has 0 fully saturated rings. The van der Waals surface area contributed by atoms with E-state index in [4.69, 9.17) is 0 Å². The average molecular weight is 348 g/mol. The molecule has 2 nitrogen and oxygen atoms in total. The maximum absolute atomic E-state index is 13.0. The second-order valence-electron chi connectivity index (χ2n) is 4.93. The first-order valence-electron chi connectivity index (χ1n) is 5.92. The van der Waals surface area contributed by atoms with Gasteiger partial charge in [-0.1, -0.05) is 13.8 Å². The topological polar surface area (TPSA) is 26.3 Å². The lowest BCUT2D eigenvalue weighted by atomic mass is 10.00. The zero-order chi connectivity index (χ0) is 18.0. The number of hydrogen-bond acceptors (Lipinski definition) is 2. The van der Waals surface area contributed by atoms with E-state index in [0.29, 0.717) is 0 Å². The van der Waals surface area contributed by atoms with Crippen LogP contribution >= 0.6 is 0 Å². The number of halogens is 9. The zero-order valence-electron chi connectivity index (χ0n) is 11.4. The maximum atomic E-state index is 13.0. The quantitative estimate of drug-likeness (QED) is 0.502. The van der Waals surface area contributed by atoms with Crippen molar-refractivity contribution in [2.75, 3.05) is 6.61 Å². The Hall–Kier alpha value is -1.16. The summed E-state index contributed by atoms with van der Waals surface area (Å²) < 4.78 is 117. The smallest absolute Gasteiger partial charge is 0.460 e. The largest absolute Gasteiger partial charge is 0.465 e. The molecule has 11 heteroatoms. The zero-order valence-corrected chi connectivity index (χ0v) is 11.4. The Balaban J connectivity index is 4.96. The summed E-state index contributed by atoms with van der Waals surface area (Å²) in [7, 11) is 0. The number of ether oxygens (including phenoxy) is 1. The van der Waals surface area contributed by atoms with Gasteiger partial charge in [0.05, 0.1) is 13.0 Å². The van der Waals surface area contributed by atoms with Crippen molar-refractivity contribution < 1.29 is 49.0 Å². The van der Waals surface area contributed by atoms with Crippen molar-refractivity contribution in [2.45, 2.75) is 50.6 Å². The van der Waals surface area contributed by atoms with Crippen molar-refractivity contribution in [1.29, 1.82) is 0 Å². The Morgan fingerprint density at radius 2 is 1.36 bits per heavy atom. The molecule has 0 bridgehead atoms. The molecule has 0 aliphatic rings. The number of carbonyl (C=O) groups excluding carboxylic acids is 1. The first-order valence-corrected chi connectivity index (χ1v) is 5.92. The van der Waals surface area contributed by atoms with Gasteiger partial charge in [-0.15, -0.1) is 0 Å². The number of carbonyl (C=O) groups is 1. The predicted octanol–water partition coefficient (Wildman–Crippen LogP) is 4.43. The summed E-state index contributed by atoms with van der Waals surface area (Å²) in [6.45, 7) is 2.90. The summed E-state index contributed by atoms with van der Waals surface area (Å²) in [6, 6.07) is 0. The highest BCUT2D eigenvalue weighted by Crippen LogP contribution is 2.54. The van der Waals surface area contributed by atoms with Crippen molar-refractivity contribution in [1.82, 2.24) is 0 Å². The van der Waals surface area contributed by atoms with E-state index in [9.17, 15) is 44.3 Å². The fourth-order valence-electron chi connectivity index (χ4n) is 1.16. The molecule has 0 spiro atoms. The predicted molar refractivity (Wildman–Crippen MR) is 55.9 cm³/mol. The molecule has 132 valence electrons. The van der Waals surface area contributed by atoms with Crippen LogP contribution < -0.4 is 0 Å². The van der Waals surface area contributed by atoms with E-state index in [-0.39, 0.29) is 12.5 Å². The minimum atomic E-state index is -6.94. The molecular weight excluding hydrogens is 335 g/mol. The van der Waals surface area contributed by atoms with Gasteiger partial charge in [0.15, 0.2) is 0 Å². The van der Waals surface area contributed by atoms with Crippen molar-refractivity contribution >= 4 is 5.97 Å². The van der Waals surface area contributed by atoms with Crippen LogP contribution in [0, 0.1) is 5.92 Å². The van der Waals surface area contributed by atoms with Gasteiger partial charge in [0.1, 0.15) is 0 Å². The second-order valence-corrected chi connectivity index (χ2v) is 4.93. The summed E-state index contributed by atoms with van der Waals surface area (Å²) in [4.78, 5) is 11.0. The van der Waals surface area contributed by atoms with E-state index in [2.05, 4.69) is 4.74 Å². The Bertz CT molecular complexity index is 388. The van der Waals surface area contributed by atoms with Gasteiger partial charge in [-0.2, -0.15) is 39.5 Å². The standard InChI is InChI=1S/C11H13F9O2/c1-6(2)5-22-7(21)3-4-8(12,13)9(14,15)10(16,17)11(18,19)20/h6H,3-5H2,1-2H3. The van der Waals surface area contributed by atoms with Crippen LogP contribution in [0.15, 0.2) is 0 Å². The van der Waals surface area contributed by atoms with Crippen LogP contribution in [0.1, 0.15) is 26.7 Å². The summed E-state index contributed by atoms with van der Waals surface area (Å²) in [5, 5.41) is 0. The van der Waals surface area contributed by atoms with E-state index in [0.717, 1.165) is 0 Å². The van der Waals surface area contributed by atoms with Crippen LogP contribution in [0.25, 0.3) is 0 Å². The van der Waals surface area contributed by atoms with E-state index < -0.39 is 42.8 Å². The van der Waals surface area contributed by atoms with Crippen LogP contribution in [0.5, 0.6) is 0 Å². The lowest BCUT2D eigenvalue weighted by Crippen LogP contribution is -2.60. The molecule has 0 saturated heterocycles. The van der Waals surface area contributed by atoms with Crippen molar-refractivity contribution in [2.24, 2.45) is 5.92 Å². The molecule has 0 rings (SSSR count).